The summed E-state index contributed by atoms with van der Waals surface area (Å²) in [6.07, 6.45) is 0.918. The molecule has 0 saturated carbocycles. The summed E-state index contributed by atoms with van der Waals surface area (Å²) in [7, 11) is 3.38. The molecule has 2 N–H and O–H groups in total. The van der Waals surface area contributed by atoms with Crippen molar-refractivity contribution in [3.05, 3.63) is 57.9 Å². The molecule has 3 aromatic rings. The van der Waals surface area contributed by atoms with Crippen LogP contribution in [0.3, 0.4) is 0 Å². The fourth-order valence-corrected chi connectivity index (χ4v) is 6.12. The maximum atomic E-state index is 16.6. The quantitative estimate of drug-likeness (QED) is 0.437. The van der Waals surface area contributed by atoms with Gasteiger partial charge in [-0.15, -0.1) is 0 Å². The van der Waals surface area contributed by atoms with E-state index in [0.717, 1.165) is 11.1 Å². The molecule has 1 aromatic heterocycles. The zero-order chi connectivity index (χ0) is 29.3. The van der Waals surface area contributed by atoms with Gasteiger partial charge in [-0.25, -0.2) is 9.37 Å². The van der Waals surface area contributed by atoms with E-state index >= 15 is 4.39 Å². The van der Waals surface area contributed by atoms with Crippen molar-refractivity contribution < 1.29 is 19.1 Å². The summed E-state index contributed by atoms with van der Waals surface area (Å²) in [4.78, 5) is 39.0. The number of carbonyl (C=O) groups excluding carboxylic acids is 2. The van der Waals surface area contributed by atoms with Crippen molar-refractivity contribution in [2.24, 2.45) is 0 Å². The van der Waals surface area contributed by atoms with Crippen LogP contribution < -0.4 is 10.2 Å². The van der Waals surface area contributed by atoms with Crippen molar-refractivity contribution in [2.75, 3.05) is 57.0 Å². The molecule has 0 radical (unpaired) electrons. The summed E-state index contributed by atoms with van der Waals surface area (Å²) in [5.74, 6) is -0.192. The van der Waals surface area contributed by atoms with Crippen molar-refractivity contribution in [2.45, 2.75) is 44.6 Å². The average molecular weight is 583 g/mol. The molecule has 5 rings (SSSR count). The second kappa shape index (κ2) is 12.2. The smallest absolute Gasteiger partial charge is 0.225 e. The number of benzene rings is 2. The lowest BCUT2D eigenvalue weighted by Gasteiger charge is -2.36. The third-order valence-corrected chi connectivity index (χ3v) is 8.31. The molecule has 1 aliphatic heterocycles. The van der Waals surface area contributed by atoms with Gasteiger partial charge in [0.05, 0.1) is 6.10 Å². The first-order chi connectivity index (χ1) is 19.7. The molecule has 2 amide bonds. The van der Waals surface area contributed by atoms with Crippen LogP contribution in [0.2, 0.25) is 5.02 Å². The Bertz CT molecular complexity index is 1460. The molecule has 1 fully saturated rings. The number of fused-ring (bicyclic) bond motifs is 2. The summed E-state index contributed by atoms with van der Waals surface area (Å²) in [6, 6.07) is 9.47. The first-order valence-corrected chi connectivity index (χ1v) is 14.5. The van der Waals surface area contributed by atoms with Gasteiger partial charge in [-0.2, -0.15) is 4.98 Å². The number of nitrogens with one attached hydrogen (secondary N) is 1. The van der Waals surface area contributed by atoms with Gasteiger partial charge in [0.2, 0.25) is 17.8 Å². The fraction of sp³-hybridized carbons (Fsp3) is 0.467. The number of rotatable bonds is 7. The highest BCUT2D eigenvalue weighted by Crippen LogP contribution is 2.43. The third-order valence-electron chi connectivity index (χ3n) is 8.00. The minimum absolute atomic E-state index is 0.0509. The second-order valence-electron chi connectivity index (χ2n) is 10.9. The Hall–Kier alpha value is -3.50. The molecule has 9 nitrogen and oxygen atoms in total. The number of aliphatic hydroxyl groups excluding tert-OH is 1. The monoisotopic (exact) mass is 582 g/mol. The van der Waals surface area contributed by atoms with Crippen LogP contribution in [0.15, 0.2) is 30.3 Å². The molecule has 218 valence electrons. The van der Waals surface area contributed by atoms with Crippen LogP contribution in [0, 0.1) is 5.82 Å². The number of hydrogen-bond acceptors (Lipinski definition) is 7. The molecule has 2 aliphatic rings. The van der Waals surface area contributed by atoms with E-state index in [-0.39, 0.29) is 41.3 Å². The lowest BCUT2D eigenvalue weighted by atomic mass is 9.77. The van der Waals surface area contributed by atoms with Crippen LogP contribution in [-0.2, 0) is 16.0 Å². The summed E-state index contributed by atoms with van der Waals surface area (Å²) in [6.45, 7) is 4.24. The Balaban J connectivity index is 1.57. The SMILES string of the molecule is CCC(=O)N1CCN(c2nc(NCCC(=O)N(C)C)nc3c(F)c([C@H]4CC(O)Cc5ccccc54)c(Cl)cc23)CC1. The first kappa shape index (κ1) is 29.0. The number of aromatic nitrogens is 2. The van der Waals surface area contributed by atoms with Gasteiger partial charge in [-0.1, -0.05) is 42.8 Å². The number of hydrogen-bond donors (Lipinski definition) is 2. The Kier molecular flexibility index (Phi) is 8.60. The fourth-order valence-electron chi connectivity index (χ4n) is 5.80. The predicted octanol–water partition coefficient (Wildman–Crippen LogP) is 3.81. The van der Waals surface area contributed by atoms with E-state index in [1.165, 1.54) is 4.90 Å². The van der Waals surface area contributed by atoms with Gasteiger partial charge in [0.15, 0.2) is 5.82 Å². The van der Waals surface area contributed by atoms with Crippen LogP contribution in [-0.4, -0.2) is 89.6 Å². The van der Waals surface area contributed by atoms with Crippen LogP contribution in [0.1, 0.15) is 48.8 Å². The van der Waals surface area contributed by atoms with E-state index in [1.807, 2.05) is 41.0 Å². The second-order valence-corrected chi connectivity index (χ2v) is 11.3. The highest BCUT2D eigenvalue weighted by molar-refractivity contribution is 6.32. The van der Waals surface area contributed by atoms with Crippen molar-refractivity contribution in [1.82, 2.24) is 19.8 Å². The van der Waals surface area contributed by atoms with E-state index in [0.29, 0.717) is 62.2 Å². The zero-order valence-corrected chi connectivity index (χ0v) is 24.4. The zero-order valence-electron chi connectivity index (χ0n) is 23.7. The summed E-state index contributed by atoms with van der Waals surface area (Å²) >= 11 is 6.83. The van der Waals surface area contributed by atoms with E-state index in [9.17, 15) is 14.7 Å². The molecule has 1 unspecified atom stereocenters. The lowest BCUT2D eigenvalue weighted by molar-refractivity contribution is -0.131. The molecule has 0 bridgehead atoms. The van der Waals surface area contributed by atoms with Crippen molar-refractivity contribution in [3.63, 3.8) is 0 Å². The Morgan fingerprint density at radius 1 is 1.17 bits per heavy atom. The summed E-state index contributed by atoms with van der Waals surface area (Å²) in [5.41, 5.74) is 2.36. The molecule has 2 atom stereocenters. The van der Waals surface area contributed by atoms with Crippen molar-refractivity contribution >= 4 is 46.1 Å². The van der Waals surface area contributed by atoms with Gasteiger partial charge in [0.25, 0.3) is 0 Å². The highest BCUT2D eigenvalue weighted by Gasteiger charge is 2.33. The molecule has 0 spiro atoms. The number of amides is 2. The van der Waals surface area contributed by atoms with E-state index < -0.39 is 17.8 Å². The molecular formula is C30H36ClFN6O3. The minimum Gasteiger partial charge on any atom is -0.393 e. The van der Waals surface area contributed by atoms with Crippen LogP contribution in [0.5, 0.6) is 0 Å². The first-order valence-electron chi connectivity index (χ1n) is 14.1. The molecule has 1 saturated heterocycles. The van der Waals surface area contributed by atoms with Crippen molar-refractivity contribution in [1.29, 1.82) is 0 Å². The third kappa shape index (κ3) is 5.94. The maximum absolute atomic E-state index is 16.6. The number of nitrogens with zero attached hydrogens (tertiary/aromatic N) is 5. The van der Waals surface area contributed by atoms with Gasteiger partial charge in [0.1, 0.15) is 11.3 Å². The average Bonchev–Trinajstić information content (AvgIpc) is 2.96. The Morgan fingerprint density at radius 3 is 2.61 bits per heavy atom. The lowest BCUT2D eigenvalue weighted by Crippen LogP contribution is -2.49. The van der Waals surface area contributed by atoms with E-state index in [1.54, 1.807) is 20.2 Å². The highest BCUT2D eigenvalue weighted by atomic mass is 35.5. The predicted molar refractivity (Wildman–Crippen MR) is 158 cm³/mol. The van der Waals surface area contributed by atoms with Gasteiger partial charge >= 0.3 is 0 Å². The molecule has 2 heterocycles. The number of carbonyl (C=O) groups is 2. The molecule has 2 aromatic carbocycles. The molecule has 1 aliphatic carbocycles. The van der Waals surface area contributed by atoms with Crippen molar-refractivity contribution in [3.8, 4) is 0 Å². The number of aliphatic hydroxyl groups is 1. The standard InChI is InChI=1S/C30H36ClFN6O3/c1-4-24(40)37-11-13-38(14-12-37)29-22-17-23(31)26(21-16-19(39)15-18-7-5-6-8-20(18)21)27(32)28(22)34-30(35-29)33-10-9-25(41)36(2)3/h5-8,17,19,21,39H,4,9-16H2,1-3H3,(H,33,34,35)/t19?,21-/m0/s1. The molecule has 41 heavy (non-hydrogen) atoms. The Morgan fingerprint density at radius 2 is 1.90 bits per heavy atom. The van der Waals surface area contributed by atoms with E-state index in [2.05, 4.69) is 10.3 Å². The number of piperazine rings is 1. The van der Waals surface area contributed by atoms with Crippen LogP contribution in [0.25, 0.3) is 10.9 Å². The Labute approximate surface area is 244 Å². The van der Waals surface area contributed by atoms with Gasteiger partial charge < -0.3 is 25.1 Å². The number of halogens is 2. The summed E-state index contributed by atoms with van der Waals surface area (Å²) < 4.78 is 16.6. The minimum atomic E-state index is -0.615. The molecular weight excluding hydrogens is 547 g/mol. The largest absolute Gasteiger partial charge is 0.393 e. The van der Waals surface area contributed by atoms with E-state index in [4.69, 9.17) is 16.6 Å². The topological polar surface area (TPSA) is 102 Å². The normalized spacial score (nSPS) is 18.8. The maximum Gasteiger partial charge on any atom is 0.225 e. The number of anilines is 2. The molecule has 11 heteroatoms. The summed E-state index contributed by atoms with van der Waals surface area (Å²) in [5, 5.41) is 14.5. The van der Waals surface area contributed by atoms with Crippen LogP contribution in [0.4, 0.5) is 16.2 Å². The van der Waals surface area contributed by atoms with Gasteiger partial charge in [-0.05, 0) is 30.0 Å². The van der Waals surface area contributed by atoms with Gasteiger partial charge in [0, 0.05) is 81.6 Å². The van der Waals surface area contributed by atoms with Crippen LogP contribution >= 0.6 is 11.6 Å². The van der Waals surface area contributed by atoms with Gasteiger partial charge in [-0.3, -0.25) is 9.59 Å².